The molecule has 4 nitrogen and oxygen atoms in total. The molecule has 1 aliphatic rings. The average Bonchev–Trinajstić information content (AvgIpc) is 1.89. The van der Waals surface area contributed by atoms with Crippen molar-refractivity contribution in [3.8, 4) is 0 Å². The summed E-state index contributed by atoms with van der Waals surface area (Å²) in [6.45, 7) is 0. The summed E-state index contributed by atoms with van der Waals surface area (Å²) in [7, 11) is 1.75. The van der Waals surface area contributed by atoms with Gasteiger partial charge >= 0.3 is 0 Å². The van der Waals surface area contributed by atoms with Crippen molar-refractivity contribution in [1.29, 1.82) is 0 Å². The molecule has 0 bridgehead atoms. The largest absolute Gasteiger partial charge is 0.309 e. The maximum Gasteiger partial charge on any atom is 0.257 e. The quantitative estimate of drug-likeness (QED) is 0.478. The van der Waals surface area contributed by atoms with Crippen molar-refractivity contribution < 1.29 is 4.79 Å². The third-order valence-electron chi connectivity index (χ3n) is 1.27. The van der Waals surface area contributed by atoms with E-state index in [1.165, 1.54) is 0 Å². The Hall–Kier alpha value is -0.900. The lowest BCUT2D eigenvalue weighted by atomic mass is 10.2. The van der Waals surface area contributed by atoms with Gasteiger partial charge in [0.05, 0.1) is 6.04 Å². The molecule has 9 heavy (non-hydrogen) atoms. The van der Waals surface area contributed by atoms with Gasteiger partial charge in [-0.3, -0.25) is 4.79 Å². The molecule has 50 valence electrons. The van der Waals surface area contributed by atoms with Crippen LogP contribution < -0.4 is 10.7 Å². The number of likely N-dealkylation sites (N-methyl/N-ethyl adjacent to an activating group) is 1. The molecule has 0 saturated heterocycles. The number of hydrogen-bond acceptors (Lipinski definition) is 3. The fourth-order valence-corrected chi connectivity index (χ4v) is 0.701. The number of carbonyl (C=O) groups is 1. The van der Waals surface area contributed by atoms with E-state index in [0.29, 0.717) is 6.42 Å². The molecule has 1 rings (SSSR count). The summed E-state index contributed by atoms with van der Waals surface area (Å²) in [5, 5.41) is 6.44. The molecule has 0 spiro atoms. The second-order valence-electron chi connectivity index (χ2n) is 1.86. The van der Waals surface area contributed by atoms with Gasteiger partial charge in [-0.25, -0.2) is 5.43 Å². The van der Waals surface area contributed by atoms with Gasteiger partial charge in [-0.1, -0.05) is 0 Å². The normalized spacial score (nSPS) is 25.9. The molecule has 1 unspecified atom stereocenters. The second kappa shape index (κ2) is 2.59. The Balaban J connectivity index is 2.53. The molecule has 1 aliphatic heterocycles. The molecule has 1 amide bonds. The predicted octanol–water partition coefficient (Wildman–Crippen LogP) is -0.920. The van der Waals surface area contributed by atoms with E-state index < -0.39 is 0 Å². The van der Waals surface area contributed by atoms with E-state index in [1.54, 1.807) is 13.3 Å². The SMILES string of the molecule is CNC1CC=NNC1=O. The van der Waals surface area contributed by atoms with Gasteiger partial charge in [0, 0.05) is 12.6 Å². The lowest BCUT2D eigenvalue weighted by molar-refractivity contribution is -0.123. The number of rotatable bonds is 1. The Morgan fingerprint density at radius 3 is 3.22 bits per heavy atom. The van der Waals surface area contributed by atoms with E-state index in [-0.39, 0.29) is 11.9 Å². The minimum Gasteiger partial charge on any atom is -0.309 e. The van der Waals surface area contributed by atoms with E-state index >= 15 is 0 Å². The zero-order valence-electron chi connectivity index (χ0n) is 5.22. The highest BCUT2D eigenvalue weighted by Crippen LogP contribution is 1.92. The van der Waals surface area contributed by atoms with Crippen molar-refractivity contribution in [3.05, 3.63) is 0 Å². The number of hydrazone groups is 1. The fraction of sp³-hybridized carbons (Fsp3) is 0.600. The van der Waals surface area contributed by atoms with Crippen LogP contribution >= 0.6 is 0 Å². The fourth-order valence-electron chi connectivity index (χ4n) is 0.701. The molecule has 0 aromatic carbocycles. The maximum absolute atomic E-state index is 10.7. The summed E-state index contributed by atoms with van der Waals surface area (Å²) in [4.78, 5) is 10.7. The molecule has 1 heterocycles. The van der Waals surface area contributed by atoms with Gasteiger partial charge in [-0.05, 0) is 7.05 Å². The van der Waals surface area contributed by atoms with E-state index in [9.17, 15) is 4.79 Å². The van der Waals surface area contributed by atoms with Crippen LogP contribution in [0.1, 0.15) is 6.42 Å². The predicted molar refractivity (Wildman–Crippen MR) is 34.1 cm³/mol. The number of nitrogens with one attached hydrogen (secondary N) is 2. The summed E-state index contributed by atoms with van der Waals surface area (Å²) in [5.41, 5.74) is 2.35. The minimum atomic E-state index is -0.0949. The van der Waals surface area contributed by atoms with Crippen LogP contribution in [0.5, 0.6) is 0 Å². The van der Waals surface area contributed by atoms with Gasteiger partial charge in [0.15, 0.2) is 0 Å². The monoisotopic (exact) mass is 127 g/mol. The topological polar surface area (TPSA) is 53.5 Å². The first-order valence-electron chi connectivity index (χ1n) is 2.83. The van der Waals surface area contributed by atoms with Gasteiger partial charge in [0.25, 0.3) is 5.91 Å². The van der Waals surface area contributed by atoms with Gasteiger partial charge < -0.3 is 5.32 Å². The van der Waals surface area contributed by atoms with Gasteiger partial charge in [0.1, 0.15) is 0 Å². The molecule has 0 saturated carbocycles. The molecule has 1 atom stereocenters. The van der Waals surface area contributed by atoms with Crippen molar-refractivity contribution in [3.63, 3.8) is 0 Å². The van der Waals surface area contributed by atoms with Crippen LogP contribution in [0.2, 0.25) is 0 Å². The first-order valence-corrected chi connectivity index (χ1v) is 2.83. The van der Waals surface area contributed by atoms with E-state index in [4.69, 9.17) is 0 Å². The summed E-state index contributed by atoms with van der Waals surface area (Å²) in [5.74, 6) is -0.0556. The summed E-state index contributed by atoms with van der Waals surface area (Å²) < 4.78 is 0. The smallest absolute Gasteiger partial charge is 0.257 e. The van der Waals surface area contributed by atoms with Gasteiger partial charge in [-0.2, -0.15) is 5.10 Å². The Kier molecular flexibility index (Phi) is 1.79. The Morgan fingerprint density at radius 2 is 2.78 bits per heavy atom. The highest BCUT2D eigenvalue weighted by atomic mass is 16.2. The van der Waals surface area contributed by atoms with Crippen LogP contribution in [0.4, 0.5) is 0 Å². The van der Waals surface area contributed by atoms with Crippen LogP contribution in [0.3, 0.4) is 0 Å². The third-order valence-corrected chi connectivity index (χ3v) is 1.27. The van der Waals surface area contributed by atoms with Crippen LogP contribution in [-0.4, -0.2) is 25.2 Å². The summed E-state index contributed by atoms with van der Waals surface area (Å²) in [6, 6.07) is -0.0949. The van der Waals surface area contributed by atoms with Crippen molar-refractivity contribution in [2.75, 3.05) is 7.05 Å². The summed E-state index contributed by atoms with van der Waals surface area (Å²) >= 11 is 0. The van der Waals surface area contributed by atoms with E-state index in [2.05, 4.69) is 15.8 Å². The third kappa shape index (κ3) is 1.26. The number of amides is 1. The maximum atomic E-state index is 10.7. The van der Waals surface area contributed by atoms with Gasteiger partial charge in [0.2, 0.25) is 0 Å². The minimum absolute atomic E-state index is 0.0556. The Labute approximate surface area is 53.3 Å². The molecule has 0 aliphatic carbocycles. The highest BCUT2D eigenvalue weighted by molar-refractivity contribution is 5.87. The molecule has 0 aromatic rings. The highest BCUT2D eigenvalue weighted by Gasteiger charge is 2.16. The molecular formula is C5H9N3O. The van der Waals surface area contributed by atoms with Crippen LogP contribution in [0.15, 0.2) is 5.10 Å². The van der Waals surface area contributed by atoms with E-state index in [1.807, 2.05) is 0 Å². The van der Waals surface area contributed by atoms with Crippen molar-refractivity contribution in [2.45, 2.75) is 12.5 Å². The number of carbonyl (C=O) groups excluding carboxylic acids is 1. The first kappa shape index (κ1) is 6.22. The molecule has 0 radical (unpaired) electrons. The number of nitrogens with zero attached hydrogens (tertiary/aromatic N) is 1. The Morgan fingerprint density at radius 1 is 2.00 bits per heavy atom. The average molecular weight is 127 g/mol. The lowest BCUT2D eigenvalue weighted by Gasteiger charge is -2.14. The van der Waals surface area contributed by atoms with Crippen molar-refractivity contribution >= 4 is 12.1 Å². The molecule has 0 fully saturated rings. The van der Waals surface area contributed by atoms with Crippen molar-refractivity contribution in [1.82, 2.24) is 10.7 Å². The zero-order valence-corrected chi connectivity index (χ0v) is 5.22. The second-order valence-corrected chi connectivity index (χ2v) is 1.86. The lowest BCUT2D eigenvalue weighted by Crippen LogP contribution is -2.43. The zero-order chi connectivity index (χ0) is 6.69. The summed E-state index contributed by atoms with van der Waals surface area (Å²) in [6.07, 6.45) is 2.37. The first-order chi connectivity index (χ1) is 4.34. The molecular weight excluding hydrogens is 118 g/mol. The van der Waals surface area contributed by atoms with Crippen LogP contribution in [0, 0.1) is 0 Å². The molecule has 4 heteroatoms. The Bertz CT molecular complexity index is 143. The van der Waals surface area contributed by atoms with Gasteiger partial charge in [-0.15, -0.1) is 0 Å². The van der Waals surface area contributed by atoms with Crippen LogP contribution in [0.25, 0.3) is 0 Å². The van der Waals surface area contributed by atoms with Crippen molar-refractivity contribution in [2.24, 2.45) is 5.10 Å². The standard InChI is InChI=1S/C5H9N3O/c1-6-4-2-3-7-8-5(4)9/h3-4,6H,2H2,1H3,(H,8,9). The molecule has 2 N–H and O–H groups in total. The van der Waals surface area contributed by atoms with Crippen LogP contribution in [-0.2, 0) is 4.79 Å². The number of hydrogen-bond donors (Lipinski definition) is 2. The van der Waals surface area contributed by atoms with E-state index in [0.717, 1.165) is 0 Å². The molecule has 0 aromatic heterocycles.